The number of aromatic nitrogens is 6. The molecule has 0 amide bonds. The van der Waals surface area contributed by atoms with Gasteiger partial charge in [0.05, 0.1) is 0 Å². The highest BCUT2D eigenvalue weighted by molar-refractivity contribution is 5.74. The van der Waals surface area contributed by atoms with E-state index in [2.05, 4.69) is 30.4 Å². The SMILES string of the molecule is CC(=O)Oc1cc(-c2nc(-c3ccccc3)n[nH]2)cc(-c2nc(-c3ccccc3)n[nH]2)c1. The summed E-state index contributed by atoms with van der Waals surface area (Å²) in [5, 5.41) is 14.6. The van der Waals surface area contributed by atoms with Crippen molar-refractivity contribution in [3.05, 3.63) is 78.9 Å². The predicted octanol–water partition coefficient (Wildman–Crippen LogP) is 4.52. The van der Waals surface area contributed by atoms with E-state index in [9.17, 15) is 4.79 Å². The van der Waals surface area contributed by atoms with Crippen molar-refractivity contribution in [2.24, 2.45) is 0 Å². The largest absolute Gasteiger partial charge is 0.427 e. The van der Waals surface area contributed by atoms with Crippen LogP contribution in [0.15, 0.2) is 78.9 Å². The van der Waals surface area contributed by atoms with Crippen LogP contribution in [-0.2, 0) is 4.79 Å². The Morgan fingerprint density at radius 1 is 0.688 bits per heavy atom. The van der Waals surface area contributed by atoms with Crippen LogP contribution in [0.2, 0.25) is 0 Å². The minimum Gasteiger partial charge on any atom is -0.427 e. The van der Waals surface area contributed by atoms with Gasteiger partial charge in [-0.2, -0.15) is 10.2 Å². The molecular formula is C24H18N6O2. The highest BCUT2D eigenvalue weighted by Crippen LogP contribution is 2.30. The average Bonchev–Trinajstić information content (AvgIpc) is 3.50. The molecular weight excluding hydrogens is 404 g/mol. The van der Waals surface area contributed by atoms with Crippen LogP contribution in [0, 0.1) is 0 Å². The molecule has 0 aliphatic rings. The third-order valence-electron chi connectivity index (χ3n) is 4.75. The quantitative estimate of drug-likeness (QED) is 0.318. The van der Waals surface area contributed by atoms with Crippen molar-refractivity contribution >= 4 is 5.97 Å². The average molecular weight is 422 g/mol. The molecule has 0 unspecified atom stereocenters. The van der Waals surface area contributed by atoms with Gasteiger partial charge in [-0.15, -0.1) is 0 Å². The molecule has 0 radical (unpaired) electrons. The second kappa shape index (κ2) is 8.27. The molecule has 8 heteroatoms. The maximum absolute atomic E-state index is 11.6. The lowest BCUT2D eigenvalue weighted by Gasteiger charge is -2.06. The van der Waals surface area contributed by atoms with Crippen LogP contribution in [0.1, 0.15) is 6.92 Å². The second-order valence-electron chi connectivity index (χ2n) is 7.09. The van der Waals surface area contributed by atoms with Crippen molar-refractivity contribution in [2.45, 2.75) is 6.92 Å². The highest BCUT2D eigenvalue weighted by atomic mass is 16.5. The van der Waals surface area contributed by atoms with E-state index in [0.717, 1.165) is 11.1 Å². The molecule has 156 valence electrons. The van der Waals surface area contributed by atoms with Gasteiger partial charge in [-0.1, -0.05) is 60.7 Å². The number of hydrogen-bond acceptors (Lipinski definition) is 6. The summed E-state index contributed by atoms with van der Waals surface area (Å²) in [5.41, 5.74) is 3.19. The lowest BCUT2D eigenvalue weighted by molar-refractivity contribution is -0.131. The fourth-order valence-corrected chi connectivity index (χ4v) is 3.31. The van der Waals surface area contributed by atoms with Crippen LogP contribution >= 0.6 is 0 Å². The van der Waals surface area contributed by atoms with Crippen LogP contribution in [0.5, 0.6) is 5.75 Å². The van der Waals surface area contributed by atoms with E-state index >= 15 is 0 Å². The summed E-state index contributed by atoms with van der Waals surface area (Å²) in [5.74, 6) is 2.19. The Morgan fingerprint density at radius 3 is 1.59 bits per heavy atom. The number of carbonyl (C=O) groups is 1. The van der Waals surface area contributed by atoms with Gasteiger partial charge in [0.1, 0.15) is 5.75 Å². The minimum absolute atomic E-state index is 0.375. The number of benzene rings is 3. The zero-order valence-electron chi connectivity index (χ0n) is 17.1. The van der Waals surface area contributed by atoms with Gasteiger partial charge in [0.2, 0.25) is 0 Å². The first-order valence-electron chi connectivity index (χ1n) is 9.95. The van der Waals surface area contributed by atoms with Crippen molar-refractivity contribution in [3.8, 4) is 51.3 Å². The van der Waals surface area contributed by atoms with E-state index in [4.69, 9.17) is 4.74 Å². The van der Waals surface area contributed by atoms with Gasteiger partial charge in [-0.3, -0.25) is 15.0 Å². The predicted molar refractivity (Wildman–Crippen MR) is 119 cm³/mol. The molecule has 0 atom stereocenters. The number of ether oxygens (including phenoxy) is 1. The van der Waals surface area contributed by atoms with Crippen LogP contribution in [0.4, 0.5) is 0 Å². The Labute approximate surface area is 183 Å². The van der Waals surface area contributed by atoms with Gasteiger partial charge < -0.3 is 4.74 Å². The van der Waals surface area contributed by atoms with Gasteiger partial charge in [-0.25, -0.2) is 9.97 Å². The Balaban J connectivity index is 1.55. The third kappa shape index (κ3) is 4.01. The summed E-state index contributed by atoms with van der Waals surface area (Å²) in [4.78, 5) is 20.8. The Kier molecular flexibility index (Phi) is 5.01. The summed E-state index contributed by atoms with van der Waals surface area (Å²) in [6.45, 7) is 1.36. The summed E-state index contributed by atoms with van der Waals surface area (Å²) in [6.07, 6.45) is 0. The molecule has 0 aliphatic heterocycles. The fraction of sp³-hybridized carbons (Fsp3) is 0.0417. The maximum Gasteiger partial charge on any atom is 0.308 e. The lowest BCUT2D eigenvalue weighted by Crippen LogP contribution is -2.02. The summed E-state index contributed by atoms with van der Waals surface area (Å²) < 4.78 is 5.36. The van der Waals surface area contributed by atoms with Gasteiger partial charge >= 0.3 is 5.97 Å². The number of esters is 1. The monoisotopic (exact) mass is 422 g/mol. The van der Waals surface area contributed by atoms with Crippen molar-refractivity contribution in [1.82, 2.24) is 30.4 Å². The molecule has 0 aliphatic carbocycles. The van der Waals surface area contributed by atoms with Gasteiger partial charge in [0.25, 0.3) is 0 Å². The molecule has 8 nitrogen and oxygen atoms in total. The number of hydrogen-bond donors (Lipinski definition) is 2. The number of nitrogens with zero attached hydrogens (tertiary/aromatic N) is 4. The van der Waals surface area contributed by atoms with E-state index in [-0.39, 0.29) is 0 Å². The first kappa shape index (κ1) is 19.4. The van der Waals surface area contributed by atoms with Crippen molar-refractivity contribution < 1.29 is 9.53 Å². The number of nitrogens with one attached hydrogen (secondary N) is 2. The van der Waals surface area contributed by atoms with Crippen LogP contribution < -0.4 is 4.74 Å². The molecule has 3 aromatic carbocycles. The molecule has 0 fully saturated rings. The topological polar surface area (TPSA) is 109 Å². The Bertz CT molecular complexity index is 1280. The number of H-pyrrole nitrogens is 2. The molecule has 2 aromatic heterocycles. The van der Waals surface area contributed by atoms with Gasteiger partial charge in [0.15, 0.2) is 23.3 Å². The minimum atomic E-state index is -0.418. The first-order chi connectivity index (χ1) is 15.7. The first-order valence-corrected chi connectivity index (χ1v) is 9.95. The lowest BCUT2D eigenvalue weighted by atomic mass is 10.1. The third-order valence-corrected chi connectivity index (χ3v) is 4.75. The summed E-state index contributed by atoms with van der Waals surface area (Å²) in [7, 11) is 0. The Morgan fingerprint density at radius 2 is 1.16 bits per heavy atom. The molecule has 0 bridgehead atoms. The highest BCUT2D eigenvalue weighted by Gasteiger charge is 2.14. The van der Waals surface area contributed by atoms with Gasteiger partial charge in [-0.05, 0) is 18.2 Å². The summed E-state index contributed by atoms with van der Waals surface area (Å²) >= 11 is 0. The smallest absolute Gasteiger partial charge is 0.308 e. The van der Waals surface area contributed by atoms with Crippen LogP contribution in [0.25, 0.3) is 45.6 Å². The second-order valence-corrected chi connectivity index (χ2v) is 7.09. The molecule has 5 rings (SSSR count). The zero-order valence-corrected chi connectivity index (χ0v) is 17.1. The number of rotatable bonds is 5. The molecule has 0 saturated carbocycles. The number of carbonyl (C=O) groups excluding carboxylic acids is 1. The van der Waals surface area contributed by atoms with E-state index in [1.165, 1.54) is 6.92 Å². The summed E-state index contributed by atoms with van der Waals surface area (Å²) in [6, 6.07) is 24.7. The Hall–Kier alpha value is -4.59. The number of aromatic amines is 2. The molecule has 2 heterocycles. The van der Waals surface area contributed by atoms with Crippen molar-refractivity contribution in [2.75, 3.05) is 0 Å². The van der Waals surface area contributed by atoms with Crippen LogP contribution in [-0.4, -0.2) is 36.3 Å². The fourth-order valence-electron chi connectivity index (χ4n) is 3.31. The zero-order chi connectivity index (χ0) is 21.9. The van der Waals surface area contributed by atoms with E-state index < -0.39 is 5.97 Å². The standard InChI is InChI=1S/C24H18N6O2/c1-15(31)32-20-13-18(23-25-21(27-29-23)16-8-4-2-5-9-16)12-19(14-20)24-26-22(28-30-24)17-10-6-3-7-11-17/h2-14H,1H3,(H,25,27,29)(H,26,28,30). The van der Waals surface area contributed by atoms with Crippen molar-refractivity contribution in [3.63, 3.8) is 0 Å². The molecule has 32 heavy (non-hydrogen) atoms. The van der Waals surface area contributed by atoms with Crippen molar-refractivity contribution in [1.29, 1.82) is 0 Å². The molecule has 0 spiro atoms. The normalized spacial score (nSPS) is 10.8. The molecule has 0 saturated heterocycles. The van der Waals surface area contributed by atoms with E-state index in [0.29, 0.717) is 40.2 Å². The van der Waals surface area contributed by atoms with Gasteiger partial charge in [0, 0.05) is 29.2 Å². The van der Waals surface area contributed by atoms with E-state index in [1.54, 1.807) is 12.1 Å². The molecule has 2 N–H and O–H groups in total. The van der Waals surface area contributed by atoms with E-state index in [1.807, 2.05) is 66.7 Å². The van der Waals surface area contributed by atoms with Crippen LogP contribution in [0.3, 0.4) is 0 Å². The maximum atomic E-state index is 11.6. The molecule has 5 aromatic rings.